The van der Waals surface area contributed by atoms with Gasteiger partial charge in [-0.1, -0.05) is 0 Å². The van der Waals surface area contributed by atoms with Crippen LogP contribution in [0.25, 0.3) is 0 Å². The Morgan fingerprint density at radius 1 is 1.28 bits per heavy atom. The molecule has 1 amide bonds. The van der Waals surface area contributed by atoms with Crippen LogP contribution in [0, 0.1) is 13.8 Å². The summed E-state index contributed by atoms with van der Waals surface area (Å²) in [5.41, 5.74) is 1.08. The van der Waals surface area contributed by atoms with Gasteiger partial charge in [0.2, 0.25) is 0 Å². The van der Waals surface area contributed by atoms with Crippen LogP contribution in [-0.2, 0) is 0 Å². The fourth-order valence-electron chi connectivity index (χ4n) is 1.54. The van der Waals surface area contributed by atoms with Gasteiger partial charge in [0.25, 0.3) is 5.91 Å². The van der Waals surface area contributed by atoms with Crippen molar-refractivity contribution in [3.8, 4) is 0 Å². The molecule has 0 aliphatic rings. The topological polar surface area (TPSA) is 68.0 Å². The number of nitrogens with one attached hydrogen (secondary N) is 1. The first-order chi connectivity index (χ1) is 8.56. The smallest absolute Gasteiger partial charge is 0.272 e. The van der Waals surface area contributed by atoms with E-state index in [1.807, 2.05) is 32.9 Å². The zero-order chi connectivity index (χ0) is 13.1. The van der Waals surface area contributed by atoms with E-state index < -0.39 is 0 Å². The molecule has 5 heteroatoms. The van der Waals surface area contributed by atoms with Crippen molar-refractivity contribution in [2.45, 2.75) is 26.8 Å². The minimum Gasteiger partial charge on any atom is -0.464 e. The lowest BCUT2D eigenvalue weighted by Gasteiger charge is -2.10. The van der Waals surface area contributed by atoms with Gasteiger partial charge in [0.15, 0.2) is 0 Å². The Kier molecular flexibility index (Phi) is 3.41. The van der Waals surface area contributed by atoms with Gasteiger partial charge in [-0.25, -0.2) is 4.98 Å². The van der Waals surface area contributed by atoms with Crippen molar-refractivity contribution in [3.05, 3.63) is 47.4 Å². The van der Waals surface area contributed by atoms with Crippen LogP contribution in [0.4, 0.5) is 0 Å². The Balaban J connectivity index is 2.05. The standard InChI is InChI=1S/C13H15N3O2/c1-8-6-15-11(7-14-8)13(17)16-10(3)12-5-4-9(2)18-12/h4-7,10H,1-3H3,(H,16,17). The maximum atomic E-state index is 11.9. The van der Waals surface area contributed by atoms with E-state index in [-0.39, 0.29) is 11.9 Å². The lowest BCUT2D eigenvalue weighted by Crippen LogP contribution is -2.27. The van der Waals surface area contributed by atoms with Gasteiger partial charge in [-0.15, -0.1) is 0 Å². The van der Waals surface area contributed by atoms with Gasteiger partial charge < -0.3 is 9.73 Å². The summed E-state index contributed by atoms with van der Waals surface area (Å²) in [6, 6.07) is 3.51. The lowest BCUT2D eigenvalue weighted by atomic mass is 10.2. The van der Waals surface area contributed by atoms with E-state index in [1.54, 1.807) is 6.20 Å². The summed E-state index contributed by atoms with van der Waals surface area (Å²) in [5, 5.41) is 2.81. The predicted octanol–water partition coefficient (Wildman–Crippen LogP) is 2.18. The van der Waals surface area contributed by atoms with Gasteiger partial charge in [0.05, 0.1) is 17.9 Å². The summed E-state index contributed by atoms with van der Waals surface area (Å²) in [5.74, 6) is 1.28. The van der Waals surface area contributed by atoms with E-state index in [2.05, 4.69) is 15.3 Å². The van der Waals surface area contributed by atoms with Crippen molar-refractivity contribution in [3.63, 3.8) is 0 Å². The molecule has 0 saturated carbocycles. The van der Waals surface area contributed by atoms with Crippen molar-refractivity contribution in [1.29, 1.82) is 0 Å². The van der Waals surface area contributed by atoms with Gasteiger partial charge >= 0.3 is 0 Å². The molecule has 1 atom stereocenters. The number of hydrogen-bond donors (Lipinski definition) is 1. The SMILES string of the molecule is Cc1cnc(C(=O)NC(C)c2ccc(C)o2)cn1. The molecule has 0 fully saturated rings. The van der Waals surface area contributed by atoms with E-state index in [0.717, 1.165) is 17.2 Å². The summed E-state index contributed by atoms with van der Waals surface area (Å²) < 4.78 is 5.45. The van der Waals surface area contributed by atoms with Crippen LogP contribution in [0.1, 0.15) is 40.7 Å². The molecule has 0 radical (unpaired) electrons. The molecule has 2 aromatic heterocycles. The van der Waals surface area contributed by atoms with Gasteiger partial charge in [-0.05, 0) is 32.9 Å². The average molecular weight is 245 g/mol. The first-order valence-electron chi connectivity index (χ1n) is 5.72. The van der Waals surface area contributed by atoms with Gasteiger partial charge in [0, 0.05) is 6.20 Å². The molecule has 1 N–H and O–H groups in total. The van der Waals surface area contributed by atoms with Crippen LogP contribution >= 0.6 is 0 Å². The maximum Gasteiger partial charge on any atom is 0.272 e. The minimum absolute atomic E-state index is 0.200. The van der Waals surface area contributed by atoms with Crippen molar-refractivity contribution in [2.75, 3.05) is 0 Å². The molecular formula is C13H15N3O2. The number of nitrogens with zero attached hydrogens (tertiary/aromatic N) is 2. The molecule has 18 heavy (non-hydrogen) atoms. The van der Waals surface area contributed by atoms with Crippen molar-refractivity contribution >= 4 is 5.91 Å². The van der Waals surface area contributed by atoms with Crippen LogP contribution in [0.2, 0.25) is 0 Å². The molecule has 0 bridgehead atoms. The number of amides is 1. The van der Waals surface area contributed by atoms with Crippen molar-refractivity contribution in [2.24, 2.45) is 0 Å². The third-order valence-corrected chi connectivity index (χ3v) is 2.55. The Labute approximate surface area is 105 Å². The van der Waals surface area contributed by atoms with E-state index >= 15 is 0 Å². The molecule has 0 aliphatic heterocycles. The number of rotatable bonds is 3. The molecule has 1 unspecified atom stereocenters. The highest BCUT2D eigenvalue weighted by Crippen LogP contribution is 2.15. The summed E-state index contributed by atoms with van der Waals surface area (Å²) >= 11 is 0. The average Bonchev–Trinajstić information content (AvgIpc) is 2.76. The van der Waals surface area contributed by atoms with Crippen LogP contribution in [-0.4, -0.2) is 15.9 Å². The van der Waals surface area contributed by atoms with E-state index in [9.17, 15) is 4.79 Å². The molecule has 2 heterocycles. The van der Waals surface area contributed by atoms with Crippen LogP contribution in [0.15, 0.2) is 28.9 Å². The summed E-state index contributed by atoms with van der Waals surface area (Å²) in [6.07, 6.45) is 3.03. The zero-order valence-corrected chi connectivity index (χ0v) is 10.6. The number of aromatic nitrogens is 2. The second kappa shape index (κ2) is 5.00. The first kappa shape index (κ1) is 12.3. The lowest BCUT2D eigenvalue weighted by molar-refractivity contribution is 0.0929. The molecule has 0 aromatic carbocycles. The van der Waals surface area contributed by atoms with Gasteiger partial charge in [-0.2, -0.15) is 0 Å². The molecule has 5 nitrogen and oxygen atoms in total. The number of furan rings is 1. The molecule has 94 valence electrons. The van der Waals surface area contributed by atoms with E-state index in [4.69, 9.17) is 4.42 Å². The molecular weight excluding hydrogens is 230 g/mol. The molecule has 0 saturated heterocycles. The van der Waals surface area contributed by atoms with E-state index in [1.165, 1.54) is 6.20 Å². The third-order valence-electron chi connectivity index (χ3n) is 2.55. The summed E-state index contributed by atoms with van der Waals surface area (Å²) in [7, 11) is 0. The number of aryl methyl sites for hydroxylation is 2. The number of hydrogen-bond acceptors (Lipinski definition) is 4. The van der Waals surface area contributed by atoms with Crippen molar-refractivity contribution < 1.29 is 9.21 Å². The number of carbonyl (C=O) groups excluding carboxylic acids is 1. The Hall–Kier alpha value is -2.17. The minimum atomic E-state index is -0.260. The quantitative estimate of drug-likeness (QED) is 0.899. The zero-order valence-electron chi connectivity index (χ0n) is 10.6. The maximum absolute atomic E-state index is 11.9. The van der Waals surface area contributed by atoms with Crippen LogP contribution in [0.3, 0.4) is 0 Å². The highest BCUT2D eigenvalue weighted by Gasteiger charge is 2.15. The molecule has 2 aromatic rings. The number of carbonyl (C=O) groups is 1. The van der Waals surface area contributed by atoms with E-state index in [0.29, 0.717) is 5.69 Å². The fourth-order valence-corrected chi connectivity index (χ4v) is 1.54. The Morgan fingerprint density at radius 2 is 2.06 bits per heavy atom. The highest BCUT2D eigenvalue weighted by atomic mass is 16.3. The summed E-state index contributed by atoms with van der Waals surface area (Å²) in [6.45, 7) is 5.55. The van der Waals surface area contributed by atoms with Gasteiger partial charge in [0.1, 0.15) is 17.2 Å². The predicted molar refractivity (Wildman–Crippen MR) is 66.1 cm³/mol. The second-order valence-electron chi connectivity index (χ2n) is 4.19. The van der Waals surface area contributed by atoms with Gasteiger partial charge in [-0.3, -0.25) is 9.78 Å². The first-order valence-corrected chi connectivity index (χ1v) is 5.72. The Morgan fingerprint density at radius 3 is 2.61 bits per heavy atom. The normalized spacial score (nSPS) is 12.2. The molecule has 0 aliphatic carbocycles. The third kappa shape index (κ3) is 2.74. The largest absolute Gasteiger partial charge is 0.464 e. The van der Waals surface area contributed by atoms with Crippen LogP contribution < -0.4 is 5.32 Å². The van der Waals surface area contributed by atoms with Crippen LogP contribution in [0.5, 0.6) is 0 Å². The van der Waals surface area contributed by atoms with Crippen molar-refractivity contribution in [1.82, 2.24) is 15.3 Å². The molecule has 2 rings (SSSR count). The summed E-state index contributed by atoms with van der Waals surface area (Å²) in [4.78, 5) is 20.0. The highest BCUT2D eigenvalue weighted by molar-refractivity contribution is 5.92. The Bertz CT molecular complexity index is 546. The monoisotopic (exact) mass is 245 g/mol. The second-order valence-corrected chi connectivity index (χ2v) is 4.19. The fraction of sp³-hybridized carbons (Fsp3) is 0.308. The molecule has 0 spiro atoms.